The number of carboxylic acids is 1. The Bertz CT molecular complexity index is 1430. The third kappa shape index (κ3) is 5.54. The monoisotopic (exact) mass is 550 g/mol. The number of ether oxygens (including phenoxy) is 1. The minimum Gasteiger partial charge on any atom is -0.479 e. The van der Waals surface area contributed by atoms with E-state index in [1.54, 1.807) is 11.3 Å². The largest absolute Gasteiger partial charge is 0.479 e. The summed E-state index contributed by atoms with van der Waals surface area (Å²) in [4.78, 5) is 24.3. The Morgan fingerprint density at radius 1 is 1.18 bits per heavy atom. The van der Waals surface area contributed by atoms with Crippen molar-refractivity contribution < 1.29 is 14.6 Å². The van der Waals surface area contributed by atoms with Crippen LogP contribution in [0.3, 0.4) is 0 Å². The molecule has 0 amide bonds. The molecule has 38 heavy (non-hydrogen) atoms. The quantitative estimate of drug-likeness (QED) is 0.235. The normalized spacial score (nSPS) is 14.7. The molecule has 0 bridgehead atoms. The minimum atomic E-state index is -1.08. The molecule has 0 radical (unpaired) electrons. The molecule has 1 aliphatic rings. The first-order chi connectivity index (χ1) is 18.5. The van der Waals surface area contributed by atoms with Gasteiger partial charge in [0.1, 0.15) is 10.8 Å². The van der Waals surface area contributed by atoms with Gasteiger partial charge >= 0.3 is 5.97 Å². The van der Waals surface area contributed by atoms with Gasteiger partial charge in [0.2, 0.25) is 0 Å². The predicted molar refractivity (Wildman–Crippen MR) is 154 cm³/mol. The number of fused-ring (bicyclic) bond motifs is 1. The topological polar surface area (TPSA) is 87.6 Å². The van der Waals surface area contributed by atoms with E-state index < -0.39 is 12.1 Å². The second-order valence-corrected chi connectivity index (χ2v) is 10.9. The molecule has 3 heterocycles. The van der Waals surface area contributed by atoms with Crippen molar-refractivity contribution in [2.45, 2.75) is 32.8 Å². The number of nitrogens with one attached hydrogen (secondary N) is 1. The van der Waals surface area contributed by atoms with Crippen molar-refractivity contribution in [3.8, 4) is 21.7 Å². The number of thiazole rings is 1. The molecule has 0 spiro atoms. The van der Waals surface area contributed by atoms with Gasteiger partial charge in [0.25, 0.3) is 0 Å². The highest BCUT2D eigenvalue weighted by molar-refractivity contribution is 7.22. The average molecular weight is 551 g/mol. The molecule has 1 fully saturated rings. The molecular formula is C29H31ClN4O3S. The van der Waals surface area contributed by atoms with Gasteiger partial charge in [-0.05, 0) is 54.8 Å². The van der Waals surface area contributed by atoms with Crippen molar-refractivity contribution in [2.75, 3.05) is 37.7 Å². The van der Waals surface area contributed by atoms with Crippen LogP contribution in [0.4, 0.5) is 5.82 Å². The third-order valence-corrected chi connectivity index (χ3v) is 8.15. The van der Waals surface area contributed by atoms with Crippen molar-refractivity contribution in [1.82, 2.24) is 15.3 Å². The van der Waals surface area contributed by atoms with E-state index in [1.807, 2.05) is 49.5 Å². The molecule has 2 aromatic heterocycles. The number of anilines is 1. The van der Waals surface area contributed by atoms with E-state index in [9.17, 15) is 9.90 Å². The number of pyridine rings is 1. The lowest BCUT2D eigenvalue weighted by Gasteiger charge is -2.28. The molecule has 2 N–H and O–H groups in total. The Morgan fingerprint density at radius 3 is 2.66 bits per heavy atom. The summed E-state index contributed by atoms with van der Waals surface area (Å²) in [5.41, 5.74) is 5.03. The maximum absolute atomic E-state index is 12.5. The number of carboxylic acid groups (broad SMARTS) is 1. The maximum Gasteiger partial charge on any atom is 0.337 e. The molecule has 7 nitrogen and oxygen atoms in total. The average Bonchev–Trinajstić information content (AvgIpc) is 3.35. The molecule has 9 heteroatoms. The van der Waals surface area contributed by atoms with Gasteiger partial charge in [-0.25, -0.2) is 14.8 Å². The number of hydrogen-bond donors (Lipinski definition) is 2. The summed E-state index contributed by atoms with van der Waals surface area (Å²) < 4.78 is 6.88. The highest BCUT2D eigenvalue weighted by Crippen LogP contribution is 2.44. The molecule has 4 aromatic rings. The Hall–Kier alpha value is -3.04. The second-order valence-electron chi connectivity index (χ2n) is 9.44. The molecule has 0 aliphatic carbocycles. The first kappa shape index (κ1) is 26.6. The summed E-state index contributed by atoms with van der Waals surface area (Å²) in [7, 11) is 0. The maximum atomic E-state index is 12.5. The Morgan fingerprint density at radius 2 is 1.95 bits per heavy atom. The summed E-state index contributed by atoms with van der Waals surface area (Å²) in [5.74, 6) is -0.0633. The molecule has 1 unspecified atom stereocenters. The number of nitrogens with zero attached hydrogens (tertiary/aromatic N) is 3. The highest BCUT2D eigenvalue weighted by Gasteiger charge is 2.29. The van der Waals surface area contributed by atoms with Crippen molar-refractivity contribution >= 4 is 44.9 Å². The van der Waals surface area contributed by atoms with Gasteiger partial charge < -0.3 is 20.1 Å². The zero-order valence-electron chi connectivity index (χ0n) is 21.5. The Kier molecular flexibility index (Phi) is 8.24. The van der Waals surface area contributed by atoms with Gasteiger partial charge in [-0.15, -0.1) is 11.3 Å². The summed E-state index contributed by atoms with van der Waals surface area (Å²) in [6, 6.07) is 13.6. The SMILES string of the molecule is CCCCOC(C(=O)O)c1c(C)cc2nc(-c3ccnc(N4CCNCC4)c3)sc2c1-c1ccc(Cl)cc1. The van der Waals surface area contributed by atoms with Crippen molar-refractivity contribution in [3.63, 3.8) is 0 Å². The molecule has 1 aliphatic heterocycles. The van der Waals surface area contributed by atoms with Crippen LogP contribution in [0.1, 0.15) is 37.0 Å². The van der Waals surface area contributed by atoms with Crippen LogP contribution in [0.25, 0.3) is 31.9 Å². The van der Waals surface area contributed by atoms with E-state index in [1.165, 1.54) is 0 Å². The van der Waals surface area contributed by atoms with Crippen LogP contribution in [0, 0.1) is 6.92 Å². The van der Waals surface area contributed by atoms with Crippen LogP contribution in [0.5, 0.6) is 0 Å². The number of aliphatic carboxylic acids is 1. The van der Waals surface area contributed by atoms with E-state index in [4.69, 9.17) is 21.3 Å². The fourth-order valence-corrected chi connectivity index (χ4v) is 6.06. The number of piperazine rings is 1. The van der Waals surface area contributed by atoms with Crippen LogP contribution in [0.15, 0.2) is 48.7 Å². The van der Waals surface area contributed by atoms with E-state index in [0.717, 1.165) is 82.3 Å². The van der Waals surface area contributed by atoms with E-state index in [2.05, 4.69) is 28.2 Å². The standard InChI is InChI=1S/C29H31ClN4O3S/c1-3-4-15-37-26(29(35)36)24-18(2)16-22-27(25(24)19-5-7-21(30)8-6-19)38-28(33-22)20-9-10-32-23(17-20)34-13-11-31-12-14-34/h5-10,16-17,26,31H,3-4,11-15H2,1-2H3,(H,35,36). The van der Waals surface area contributed by atoms with Gasteiger partial charge in [-0.1, -0.05) is 37.1 Å². The first-order valence-electron chi connectivity index (χ1n) is 12.9. The van der Waals surface area contributed by atoms with Crippen LogP contribution in [0.2, 0.25) is 5.02 Å². The Balaban J connectivity index is 1.66. The van der Waals surface area contributed by atoms with Gasteiger partial charge in [0.15, 0.2) is 6.10 Å². The number of rotatable bonds is 9. The van der Waals surface area contributed by atoms with Gasteiger partial charge in [-0.2, -0.15) is 0 Å². The minimum absolute atomic E-state index is 0.380. The van der Waals surface area contributed by atoms with Crippen LogP contribution < -0.4 is 10.2 Å². The lowest BCUT2D eigenvalue weighted by molar-refractivity contribution is -0.151. The van der Waals surface area contributed by atoms with Gasteiger partial charge in [0, 0.05) is 60.7 Å². The van der Waals surface area contributed by atoms with E-state index in [0.29, 0.717) is 17.2 Å². The molecule has 198 valence electrons. The smallest absolute Gasteiger partial charge is 0.337 e. The van der Waals surface area contributed by atoms with Gasteiger partial charge in [-0.3, -0.25) is 0 Å². The zero-order valence-corrected chi connectivity index (χ0v) is 23.1. The molecule has 1 saturated heterocycles. The first-order valence-corrected chi connectivity index (χ1v) is 14.1. The van der Waals surface area contributed by atoms with Gasteiger partial charge in [0.05, 0.1) is 10.2 Å². The molecule has 5 rings (SSSR count). The van der Waals surface area contributed by atoms with Crippen molar-refractivity contribution in [2.24, 2.45) is 0 Å². The van der Waals surface area contributed by atoms with Crippen molar-refractivity contribution in [1.29, 1.82) is 0 Å². The summed E-state index contributed by atoms with van der Waals surface area (Å²) in [6.45, 7) is 8.06. The van der Waals surface area contributed by atoms with E-state index >= 15 is 0 Å². The molecule has 0 saturated carbocycles. The zero-order chi connectivity index (χ0) is 26.6. The number of benzene rings is 2. The molecule has 1 atom stereocenters. The predicted octanol–water partition coefficient (Wildman–Crippen LogP) is 6.34. The number of halogens is 1. The van der Waals surface area contributed by atoms with Crippen LogP contribution >= 0.6 is 22.9 Å². The number of aromatic nitrogens is 2. The second kappa shape index (κ2) is 11.8. The fraction of sp³-hybridized carbons (Fsp3) is 0.345. The lowest BCUT2D eigenvalue weighted by Crippen LogP contribution is -2.43. The number of hydrogen-bond acceptors (Lipinski definition) is 7. The highest BCUT2D eigenvalue weighted by atomic mass is 35.5. The summed E-state index contributed by atoms with van der Waals surface area (Å²) in [5, 5.41) is 15.1. The van der Waals surface area contributed by atoms with Crippen LogP contribution in [-0.2, 0) is 9.53 Å². The number of carbonyl (C=O) groups is 1. The number of unbranched alkanes of at least 4 members (excludes halogenated alkanes) is 1. The number of aryl methyl sites for hydroxylation is 1. The fourth-order valence-electron chi connectivity index (χ4n) is 4.82. The Labute approximate surface area is 231 Å². The molecule has 2 aromatic carbocycles. The van der Waals surface area contributed by atoms with Crippen LogP contribution in [-0.4, -0.2) is 53.8 Å². The van der Waals surface area contributed by atoms with Crippen molar-refractivity contribution in [3.05, 3.63) is 64.8 Å². The summed E-state index contributed by atoms with van der Waals surface area (Å²) in [6.07, 6.45) is 2.47. The molecular weight excluding hydrogens is 520 g/mol. The van der Waals surface area contributed by atoms with E-state index in [-0.39, 0.29) is 0 Å². The third-order valence-electron chi connectivity index (χ3n) is 6.76. The lowest BCUT2D eigenvalue weighted by atomic mass is 9.91. The summed E-state index contributed by atoms with van der Waals surface area (Å²) >= 11 is 7.77.